The Morgan fingerprint density at radius 2 is 1.67 bits per heavy atom. The highest BCUT2D eigenvalue weighted by atomic mass is 14.7. The summed E-state index contributed by atoms with van der Waals surface area (Å²) in [5.74, 6) is 0.884. The topological polar surface area (TPSA) is 38.4 Å². The fraction of sp³-hybridized carbons (Fsp3) is 0.700. The zero-order valence-electron chi connectivity index (χ0n) is 8.76. The van der Waals surface area contributed by atoms with Gasteiger partial charge in [0.05, 0.1) is 0 Å². The highest BCUT2D eigenvalue weighted by Crippen LogP contribution is 2.03. The maximum atomic E-state index is 5.72. The molecule has 0 bridgehead atoms. The first-order chi connectivity index (χ1) is 5.45. The number of aliphatic imine (C=N–C) groups is 1. The number of hydrogen-bond donors (Lipinski definition) is 1. The molecule has 0 rings (SSSR count). The molecule has 0 unspecified atom stereocenters. The Morgan fingerprint density at radius 3 is 2.00 bits per heavy atom. The lowest BCUT2D eigenvalue weighted by Gasteiger charge is -2.04. The lowest BCUT2D eigenvalue weighted by molar-refractivity contribution is 0.753. The molecule has 0 aromatic heterocycles. The van der Waals surface area contributed by atoms with Crippen LogP contribution in [-0.2, 0) is 0 Å². The van der Waals surface area contributed by atoms with Crippen LogP contribution in [0.15, 0.2) is 16.9 Å². The smallest absolute Gasteiger partial charge is 0.0457 e. The molecule has 0 fully saturated rings. The van der Waals surface area contributed by atoms with Crippen molar-refractivity contribution in [2.45, 2.75) is 34.6 Å². The quantitative estimate of drug-likeness (QED) is 0.646. The van der Waals surface area contributed by atoms with Gasteiger partial charge in [0.1, 0.15) is 0 Å². The van der Waals surface area contributed by atoms with E-state index in [-0.39, 0.29) is 0 Å². The lowest BCUT2D eigenvalue weighted by atomic mass is 10.1. The zero-order chi connectivity index (χ0) is 9.72. The molecule has 0 heterocycles. The van der Waals surface area contributed by atoms with Crippen molar-refractivity contribution in [3.8, 4) is 0 Å². The molecule has 2 nitrogen and oxygen atoms in total. The van der Waals surface area contributed by atoms with Gasteiger partial charge in [0.15, 0.2) is 0 Å². The summed E-state index contributed by atoms with van der Waals surface area (Å²) >= 11 is 0. The van der Waals surface area contributed by atoms with Crippen molar-refractivity contribution < 1.29 is 0 Å². The standard InChI is InChI=1S/C10H20N2/c1-7(2)9(5)12-6-10(11)8(3)4/h6-8H,11H2,1-5H3/b10-6-,12-9?. The van der Waals surface area contributed by atoms with Crippen LogP contribution in [0.3, 0.4) is 0 Å². The molecule has 2 N–H and O–H groups in total. The number of hydrogen-bond acceptors (Lipinski definition) is 2. The van der Waals surface area contributed by atoms with E-state index in [9.17, 15) is 0 Å². The Labute approximate surface area is 75.6 Å². The molecule has 0 radical (unpaired) electrons. The Kier molecular flexibility index (Phi) is 4.64. The summed E-state index contributed by atoms with van der Waals surface area (Å²) < 4.78 is 0. The molecular weight excluding hydrogens is 148 g/mol. The van der Waals surface area contributed by atoms with Gasteiger partial charge in [-0.25, -0.2) is 0 Å². The molecule has 0 amide bonds. The average molecular weight is 168 g/mol. The Bertz CT molecular complexity index is 166. The van der Waals surface area contributed by atoms with Crippen molar-refractivity contribution in [2.24, 2.45) is 22.6 Å². The van der Waals surface area contributed by atoms with Crippen LogP contribution in [0.25, 0.3) is 0 Å². The molecule has 0 saturated heterocycles. The van der Waals surface area contributed by atoms with Gasteiger partial charge in [-0.2, -0.15) is 0 Å². The van der Waals surface area contributed by atoms with E-state index in [1.165, 1.54) is 0 Å². The van der Waals surface area contributed by atoms with Gasteiger partial charge in [-0.05, 0) is 18.8 Å². The van der Waals surface area contributed by atoms with Gasteiger partial charge in [0.2, 0.25) is 0 Å². The van der Waals surface area contributed by atoms with Gasteiger partial charge in [0.25, 0.3) is 0 Å². The van der Waals surface area contributed by atoms with Crippen LogP contribution in [0.1, 0.15) is 34.6 Å². The third-order valence-corrected chi connectivity index (χ3v) is 1.92. The van der Waals surface area contributed by atoms with E-state index < -0.39 is 0 Å². The molecule has 12 heavy (non-hydrogen) atoms. The molecule has 2 heteroatoms. The number of nitrogens with two attached hydrogens (primary N) is 1. The first-order valence-corrected chi connectivity index (χ1v) is 4.45. The second-order valence-electron chi connectivity index (χ2n) is 3.71. The molecule has 0 aromatic rings. The highest BCUT2D eigenvalue weighted by Gasteiger charge is 1.97. The van der Waals surface area contributed by atoms with E-state index in [0.717, 1.165) is 11.4 Å². The monoisotopic (exact) mass is 168 g/mol. The van der Waals surface area contributed by atoms with E-state index in [1.807, 2.05) is 6.92 Å². The SMILES string of the molecule is CC(=N/C=C(\N)C(C)C)C(C)C. The molecule has 0 saturated carbocycles. The average Bonchev–Trinajstić information content (AvgIpc) is 1.98. The minimum Gasteiger partial charge on any atom is -0.401 e. The van der Waals surface area contributed by atoms with Gasteiger partial charge < -0.3 is 5.73 Å². The van der Waals surface area contributed by atoms with Crippen molar-refractivity contribution in [1.29, 1.82) is 0 Å². The fourth-order valence-corrected chi connectivity index (χ4v) is 0.474. The number of allylic oxidation sites excluding steroid dienone is 1. The van der Waals surface area contributed by atoms with Crippen LogP contribution < -0.4 is 5.73 Å². The summed E-state index contributed by atoms with van der Waals surface area (Å²) in [6.45, 7) is 10.4. The third kappa shape index (κ3) is 4.16. The Morgan fingerprint density at radius 1 is 1.17 bits per heavy atom. The Balaban J connectivity index is 4.27. The third-order valence-electron chi connectivity index (χ3n) is 1.92. The molecule has 0 aromatic carbocycles. The second-order valence-corrected chi connectivity index (χ2v) is 3.71. The van der Waals surface area contributed by atoms with Gasteiger partial charge in [-0.3, -0.25) is 4.99 Å². The van der Waals surface area contributed by atoms with Crippen molar-refractivity contribution in [2.75, 3.05) is 0 Å². The summed E-state index contributed by atoms with van der Waals surface area (Å²) in [4.78, 5) is 4.27. The molecule has 70 valence electrons. The molecule has 0 aliphatic carbocycles. The zero-order valence-corrected chi connectivity index (χ0v) is 8.76. The maximum Gasteiger partial charge on any atom is 0.0457 e. The van der Waals surface area contributed by atoms with Crippen LogP contribution in [0.4, 0.5) is 0 Å². The minimum absolute atomic E-state index is 0.383. The second kappa shape index (κ2) is 4.96. The van der Waals surface area contributed by atoms with E-state index in [0.29, 0.717) is 11.8 Å². The van der Waals surface area contributed by atoms with Crippen molar-refractivity contribution in [3.63, 3.8) is 0 Å². The summed E-state index contributed by atoms with van der Waals surface area (Å²) in [6.07, 6.45) is 1.76. The predicted molar refractivity (Wildman–Crippen MR) is 55.1 cm³/mol. The molecular formula is C10H20N2. The van der Waals surface area contributed by atoms with Gasteiger partial charge in [-0.15, -0.1) is 0 Å². The minimum atomic E-state index is 0.383. The molecule has 0 atom stereocenters. The van der Waals surface area contributed by atoms with Crippen LogP contribution >= 0.6 is 0 Å². The van der Waals surface area contributed by atoms with E-state index >= 15 is 0 Å². The van der Waals surface area contributed by atoms with E-state index in [4.69, 9.17) is 5.73 Å². The summed E-state index contributed by atoms with van der Waals surface area (Å²) in [5, 5.41) is 0. The summed E-state index contributed by atoms with van der Waals surface area (Å²) in [6, 6.07) is 0. The van der Waals surface area contributed by atoms with Crippen LogP contribution in [0.2, 0.25) is 0 Å². The first kappa shape index (κ1) is 11.2. The van der Waals surface area contributed by atoms with Crippen LogP contribution in [0, 0.1) is 11.8 Å². The predicted octanol–water partition coefficient (Wildman–Crippen LogP) is 2.56. The van der Waals surface area contributed by atoms with E-state index in [2.05, 4.69) is 32.7 Å². The van der Waals surface area contributed by atoms with Gasteiger partial charge in [0, 0.05) is 17.6 Å². The van der Waals surface area contributed by atoms with Gasteiger partial charge in [-0.1, -0.05) is 27.7 Å². The highest BCUT2D eigenvalue weighted by molar-refractivity contribution is 5.84. The summed E-state index contributed by atoms with van der Waals surface area (Å²) in [5.41, 5.74) is 7.69. The van der Waals surface area contributed by atoms with Crippen LogP contribution in [-0.4, -0.2) is 5.71 Å². The van der Waals surface area contributed by atoms with E-state index in [1.54, 1.807) is 6.20 Å². The van der Waals surface area contributed by atoms with Crippen molar-refractivity contribution in [1.82, 2.24) is 0 Å². The molecule has 0 aliphatic rings. The van der Waals surface area contributed by atoms with Crippen LogP contribution in [0.5, 0.6) is 0 Å². The number of nitrogens with zero attached hydrogens (tertiary/aromatic N) is 1. The fourth-order valence-electron chi connectivity index (χ4n) is 0.474. The lowest BCUT2D eigenvalue weighted by Crippen LogP contribution is -2.06. The first-order valence-electron chi connectivity index (χ1n) is 4.45. The Hall–Kier alpha value is -0.790. The normalized spacial score (nSPS) is 14.6. The van der Waals surface area contributed by atoms with Gasteiger partial charge >= 0.3 is 0 Å². The molecule has 0 spiro atoms. The summed E-state index contributed by atoms with van der Waals surface area (Å²) in [7, 11) is 0. The number of rotatable bonds is 3. The van der Waals surface area contributed by atoms with Crippen molar-refractivity contribution in [3.05, 3.63) is 11.9 Å². The van der Waals surface area contributed by atoms with Crippen molar-refractivity contribution >= 4 is 5.71 Å². The maximum absolute atomic E-state index is 5.72. The molecule has 0 aliphatic heterocycles. The largest absolute Gasteiger partial charge is 0.401 e.